The van der Waals surface area contributed by atoms with E-state index in [2.05, 4.69) is 25.9 Å². The van der Waals surface area contributed by atoms with Crippen LogP contribution >= 0.6 is 11.6 Å². The first-order valence-electron chi connectivity index (χ1n) is 9.27. The first-order valence-corrected chi connectivity index (χ1v) is 9.65. The van der Waals surface area contributed by atoms with Crippen LogP contribution in [0.5, 0.6) is 0 Å². The van der Waals surface area contributed by atoms with Crippen LogP contribution in [0.3, 0.4) is 0 Å². The van der Waals surface area contributed by atoms with Crippen LogP contribution in [0.25, 0.3) is 5.69 Å². The maximum Gasteiger partial charge on any atom is 0.257 e. The van der Waals surface area contributed by atoms with Crippen LogP contribution in [0.4, 0.5) is 0 Å². The summed E-state index contributed by atoms with van der Waals surface area (Å²) in [5.41, 5.74) is 8.55. The third-order valence-corrected chi connectivity index (χ3v) is 5.48. The molecule has 1 aliphatic heterocycles. The van der Waals surface area contributed by atoms with Crippen molar-refractivity contribution in [2.45, 2.75) is 45.6 Å². The fourth-order valence-electron chi connectivity index (χ4n) is 3.66. The molecule has 2 heterocycles. The largest absolute Gasteiger partial charge is 0.339 e. The Hall–Kier alpha value is -1.85. The van der Waals surface area contributed by atoms with Gasteiger partial charge in [-0.25, -0.2) is 4.68 Å². The van der Waals surface area contributed by atoms with E-state index in [0.717, 1.165) is 37.3 Å². The van der Waals surface area contributed by atoms with Crippen molar-refractivity contribution in [3.8, 4) is 5.69 Å². The second-order valence-corrected chi connectivity index (χ2v) is 7.91. The van der Waals surface area contributed by atoms with Crippen LogP contribution in [-0.4, -0.2) is 39.7 Å². The number of benzene rings is 1. The Kier molecular flexibility index (Phi) is 5.68. The number of amides is 1. The van der Waals surface area contributed by atoms with Gasteiger partial charge >= 0.3 is 0 Å². The zero-order valence-electron chi connectivity index (χ0n) is 15.7. The van der Waals surface area contributed by atoms with E-state index in [1.165, 1.54) is 0 Å². The molecule has 2 aromatic rings. The molecule has 1 aromatic carbocycles. The van der Waals surface area contributed by atoms with E-state index in [4.69, 9.17) is 17.3 Å². The molecule has 26 heavy (non-hydrogen) atoms. The second-order valence-electron chi connectivity index (χ2n) is 7.48. The number of aromatic nitrogens is 2. The maximum atomic E-state index is 13.1. The van der Waals surface area contributed by atoms with Crippen molar-refractivity contribution in [1.29, 1.82) is 0 Å². The number of hydrogen-bond acceptors (Lipinski definition) is 3. The molecule has 0 saturated carbocycles. The van der Waals surface area contributed by atoms with E-state index < -0.39 is 0 Å². The molecule has 2 N–H and O–H groups in total. The van der Waals surface area contributed by atoms with Crippen molar-refractivity contribution >= 4 is 17.5 Å². The molecule has 1 atom stereocenters. The average Bonchev–Trinajstić information content (AvgIpc) is 3.07. The normalized spacial score (nSPS) is 16.9. The number of nitrogens with zero attached hydrogens (tertiary/aromatic N) is 3. The highest BCUT2D eigenvalue weighted by atomic mass is 35.5. The minimum Gasteiger partial charge on any atom is -0.339 e. The van der Waals surface area contributed by atoms with E-state index in [1.54, 1.807) is 6.20 Å². The first kappa shape index (κ1) is 18.9. The van der Waals surface area contributed by atoms with E-state index in [1.807, 2.05) is 33.8 Å². The van der Waals surface area contributed by atoms with Gasteiger partial charge in [0.25, 0.3) is 5.91 Å². The molecular formula is C20H27ClN4O. The summed E-state index contributed by atoms with van der Waals surface area (Å²) >= 11 is 5.99. The lowest BCUT2D eigenvalue weighted by molar-refractivity contribution is 0.0679. The second kappa shape index (κ2) is 7.80. The van der Waals surface area contributed by atoms with Gasteiger partial charge in [0.15, 0.2) is 0 Å². The fraction of sp³-hybridized carbons (Fsp3) is 0.500. The minimum absolute atomic E-state index is 0.0667. The van der Waals surface area contributed by atoms with Gasteiger partial charge in [-0.3, -0.25) is 4.79 Å². The molecule has 140 valence electrons. The molecule has 1 unspecified atom stereocenters. The Balaban J connectivity index is 1.86. The van der Waals surface area contributed by atoms with Gasteiger partial charge in [0, 0.05) is 24.2 Å². The lowest BCUT2D eigenvalue weighted by Crippen LogP contribution is -2.42. The lowest BCUT2D eigenvalue weighted by atomic mass is 9.90. The third kappa shape index (κ3) is 3.79. The molecule has 0 spiro atoms. The van der Waals surface area contributed by atoms with E-state index in [0.29, 0.717) is 16.5 Å². The van der Waals surface area contributed by atoms with Gasteiger partial charge in [0.2, 0.25) is 0 Å². The quantitative estimate of drug-likeness (QED) is 0.884. The van der Waals surface area contributed by atoms with Crippen molar-refractivity contribution in [3.05, 3.63) is 46.7 Å². The number of carbonyl (C=O) groups is 1. The third-order valence-electron chi connectivity index (χ3n) is 5.23. The SMILES string of the molecule is CC(C)c1c(C(=O)N2CCC(C(C)N)CC2)cnn1-c1ccc(Cl)cc1. The summed E-state index contributed by atoms with van der Waals surface area (Å²) in [6.07, 6.45) is 3.63. The molecule has 0 aliphatic carbocycles. The molecule has 1 saturated heterocycles. The monoisotopic (exact) mass is 374 g/mol. The summed E-state index contributed by atoms with van der Waals surface area (Å²) in [6, 6.07) is 7.70. The minimum atomic E-state index is 0.0667. The Morgan fingerprint density at radius 3 is 2.35 bits per heavy atom. The van der Waals surface area contributed by atoms with Gasteiger partial charge in [-0.1, -0.05) is 25.4 Å². The standard InChI is InChI=1S/C20H27ClN4O/c1-13(2)19-18(12-23-25(19)17-6-4-16(21)5-7-17)20(26)24-10-8-15(9-11-24)14(3)22/h4-7,12-15H,8-11,22H2,1-3H3. The van der Waals surface area contributed by atoms with E-state index in [9.17, 15) is 4.79 Å². The highest BCUT2D eigenvalue weighted by Gasteiger charge is 2.29. The van der Waals surface area contributed by atoms with E-state index >= 15 is 0 Å². The zero-order chi connectivity index (χ0) is 18.8. The summed E-state index contributed by atoms with van der Waals surface area (Å²) < 4.78 is 1.85. The fourth-order valence-corrected chi connectivity index (χ4v) is 3.79. The summed E-state index contributed by atoms with van der Waals surface area (Å²) in [6.45, 7) is 7.74. The van der Waals surface area contributed by atoms with Gasteiger partial charge in [-0.05, 0) is 55.9 Å². The van der Waals surface area contributed by atoms with Crippen molar-refractivity contribution in [2.75, 3.05) is 13.1 Å². The summed E-state index contributed by atoms with van der Waals surface area (Å²) in [4.78, 5) is 15.1. The van der Waals surface area contributed by atoms with Crippen LogP contribution in [0.15, 0.2) is 30.5 Å². The van der Waals surface area contributed by atoms with Crippen LogP contribution in [-0.2, 0) is 0 Å². The number of rotatable bonds is 4. The van der Waals surface area contributed by atoms with E-state index in [-0.39, 0.29) is 17.9 Å². The predicted octanol–water partition coefficient (Wildman–Crippen LogP) is 3.85. The molecule has 0 radical (unpaired) electrons. The van der Waals surface area contributed by atoms with Crippen molar-refractivity contribution in [2.24, 2.45) is 11.7 Å². The number of piperidine rings is 1. The lowest BCUT2D eigenvalue weighted by Gasteiger charge is -2.33. The number of nitrogens with two attached hydrogens (primary N) is 1. The molecule has 3 rings (SSSR count). The molecule has 1 aliphatic rings. The van der Waals surface area contributed by atoms with Crippen molar-refractivity contribution < 1.29 is 4.79 Å². The van der Waals surface area contributed by atoms with Crippen LogP contribution in [0.1, 0.15) is 55.6 Å². The molecule has 1 aromatic heterocycles. The average molecular weight is 375 g/mol. The number of hydrogen-bond donors (Lipinski definition) is 1. The van der Waals surface area contributed by atoms with Gasteiger partial charge in [0.1, 0.15) is 0 Å². The Morgan fingerprint density at radius 2 is 1.81 bits per heavy atom. The Labute approximate surface area is 160 Å². The molecule has 5 nitrogen and oxygen atoms in total. The summed E-state index contributed by atoms with van der Waals surface area (Å²) in [5, 5.41) is 5.18. The molecule has 1 amide bonds. The van der Waals surface area contributed by atoms with Gasteiger partial charge < -0.3 is 10.6 Å². The van der Waals surface area contributed by atoms with Crippen molar-refractivity contribution in [3.63, 3.8) is 0 Å². The smallest absolute Gasteiger partial charge is 0.257 e. The number of likely N-dealkylation sites (tertiary alicyclic amines) is 1. The molecule has 6 heteroatoms. The van der Waals surface area contributed by atoms with Gasteiger partial charge in [-0.2, -0.15) is 5.10 Å². The topological polar surface area (TPSA) is 64.2 Å². The number of halogens is 1. The molecular weight excluding hydrogens is 348 g/mol. The summed E-state index contributed by atoms with van der Waals surface area (Å²) in [5.74, 6) is 0.742. The zero-order valence-corrected chi connectivity index (χ0v) is 16.4. The van der Waals surface area contributed by atoms with Crippen LogP contribution in [0, 0.1) is 5.92 Å². The number of carbonyl (C=O) groups excluding carboxylic acids is 1. The predicted molar refractivity (Wildman–Crippen MR) is 105 cm³/mol. The summed E-state index contributed by atoms with van der Waals surface area (Å²) in [7, 11) is 0. The Morgan fingerprint density at radius 1 is 1.19 bits per heavy atom. The highest BCUT2D eigenvalue weighted by molar-refractivity contribution is 6.30. The first-order chi connectivity index (χ1) is 12.4. The maximum absolute atomic E-state index is 13.1. The Bertz CT molecular complexity index is 759. The molecule has 1 fully saturated rings. The van der Waals surface area contributed by atoms with Gasteiger partial charge in [-0.15, -0.1) is 0 Å². The van der Waals surface area contributed by atoms with Crippen molar-refractivity contribution in [1.82, 2.24) is 14.7 Å². The highest BCUT2D eigenvalue weighted by Crippen LogP contribution is 2.27. The van der Waals surface area contributed by atoms with Crippen LogP contribution in [0.2, 0.25) is 5.02 Å². The van der Waals surface area contributed by atoms with Gasteiger partial charge in [0.05, 0.1) is 23.1 Å². The molecule has 0 bridgehead atoms. The van der Waals surface area contributed by atoms with Crippen LogP contribution < -0.4 is 5.73 Å².